The van der Waals surface area contributed by atoms with Crippen LogP contribution in [-0.2, 0) is 0 Å². The molecule has 0 spiro atoms. The highest BCUT2D eigenvalue weighted by Gasteiger charge is 2.23. The largest absolute Gasteiger partial charge is 0.367 e. The van der Waals surface area contributed by atoms with E-state index < -0.39 is 0 Å². The molecular weight excluding hydrogens is 180 g/mol. The summed E-state index contributed by atoms with van der Waals surface area (Å²) in [5.41, 5.74) is 1.39. The van der Waals surface area contributed by atoms with Crippen LogP contribution in [-0.4, -0.2) is 21.2 Å². The Balaban J connectivity index is 2.14. The minimum absolute atomic E-state index is 0.556. The van der Waals surface area contributed by atoms with Crippen molar-refractivity contribution in [3.8, 4) is 0 Å². The summed E-state index contributed by atoms with van der Waals surface area (Å²) >= 11 is 0. The van der Waals surface area contributed by atoms with Gasteiger partial charge in [0.05, 0.1) is 5.69 Å². The van der Waals surface area contributed by atoms with Crippen LogP contribution in [0.2, 0.25) is 0 Å². The first-order valence-corrected chi connectivity index (χ1v) is 4.68. The topological polar surface area (TPSA) is 63.8 Å². The minimum Gasteiger partial charge on any atom is -0.367 e. The molecule has 0 saturated heterocycles. The third-order valence-corrected chi connectivity index (χ3v) is 2.36. The molecule has 0 bridgehead atoms. The molecule has 0 aliphatic heterocycles. The van der Waals surface area contributed by atoms with Gasteiger partial charge in [0.25, 0.3) is 5.71 Å². The SMILES string of the molecule is Cc1noc2ncnc(NC3CC3)c12. The van der Waals surface area contributed by atoms with Gasteiger partial charge in [-0.25, -0.2) is 4.98 Å². The van der Waals surface area contributed by atoms with Crippen LogP contribution in [0.15, 0.2) is 10.9 Å². The van der Waals surface area contributed by atoms with Gasteiger partial charge >= 0.3 is 0 Å². The van der Waals surface area contributed by atoms with Crippen LogP contribution < -0.4 is 5.32 Å². The van der Waals surface area contributed by atoms with Gasteiger partial charge in [0, 0.05) is 6.04 Å². The van der Waals surface area contributed by atoms with Crippen molar-refractivity contribution in [3.63, 3.8) is 0 Å². The van der Waals surface area contributed by atoms with Crippen molar-refractivity contribution in [3.05, 3.63) is 12.0 Å². The molecule has 1 N–H and O–H groups in total. The number of hydrogen-bond acceptors (Lipinski definition) is 5. The van der Waals surface area contributed by atoms with Crippen molar-refractivity contribution in [1.29, 1.82) is 0 Å². The Bertz CT molecular complexity index is 475. The second kappa shape index (κ2) is 2.67. The number of nitrogens with zero attached hydrogens (tertiary/aromatic N) is 3. The van der Waals surface area contributed by atoms with Gasteiger partial charge in [0.1, 0.15) is 17.5 Å². The zero-order valence-electron chi connectivity index (χ0n) is 7.82. The molecule has 1 saturated carbocycles. The Labute approximate surface area is 80.5 Å². The Hall–Kier alpha value is -1.65. The van der Waals surface area contributed by atoms with Crippen LogP contribution in [0.1, 0.15) is 18.5 Å². The summed E-state index contributed by atoms with van der Waals surface area (Å²) in [5.74, 6) is 0.844. The quantitative estimate of drug-likeness (QED) is 0.777. The van der Waals surface area contributed by atoms with Gasteiger partial charge in [-0.15, -0.1) is 0 Å². The van der Waals surface area contributed by atoms with Crippen LogP contribution in [0.4, 0.5) is 5.82 Å². The average molecular weight is 190 g/mol. The monoisotopic (exact) mass is 190 g/mol. The highest BCUT2D eigenvalue weighted by Crippen LogP contribution is 2.28. The van der Waals surface area contributed by atoms with Crippen molar-refractivity contribution in [2.75, 3.05) is 5.32 Å². The molecule has 1 fully saturated rings. The van der Waals surface area contributed by atoms with E-state index in [1.165, 1.54) is 19.2 Å². The molecule has 0 aromatic carbocycles. The number of nitrogens with one attached hydrogen (secondary N) is 1. The van der Waals surface area contributed by atoms with Gasteiger partial charge in [-0.05, 0) is 19.8 Å². The van der Waals surface area contributed by atoms with E-state index in [1.54, 1.807) is 0 Å². The Morgan fingerprint density at radius 2 is 2.29 bits per heavy atom. The summed E-state index contributed by atoms with van der Waals surface area (Å²) in [5, 5.41) is 8.10. The molecule has 14 heavy (non-hydrogen) atoms. The van der Waals surface area contributed by atoms with Crippen LogP contribution in [0.3, 0.4) is 0 Å². The fraction of sp³-hybridized carbons (Fsp3) is 0.444. The van der Waals surface area contributed by atoms with Crippen molar-refractivity contribution in [2.24, 2.45) is 0 Å². The Kier molecular flexibility index (Phi) is 1.47. The number of anilines is 1. The lowest BCUT2D eigenvalue weighted by Crippen LogP contribution is -2.03. The van der Waals surface area contributed by atoms with E-state index in [-0.39, 0.29) is 0 Å². The highest BCUT2D eigenvalue weighted by molar-refractivity contribution is 5.87. The molecule has 0 amide bonds. The molecule has 0 atom stereocenters. The number of fused-ring (bicyclic) bond motifs is 1. The second-order valence-corrected chi connectivity index (χ2v) is 3.59. The summed E-state index contributed by atoms with van der Waals surface area (Å²) in [6.45, 7) is 1.90. The molecule has 2 aromatic heterocycles. The minimum atomic E-state index is 0.556. The van der Waals surface area contributed by atoms with Gasteiger partial charge in [0.2, 0.25) is 0 Å². The fourth-order valence-corrected chi connectivity index (χ4v) is 1.45. The van der Waals surface area contributed by atoms with E-state index in [0.717, 1.165) is 16.9 Å². The molecule has 0 radical (unpaired) electrons. The Morgan fingerprint density at radius 1 is 1.43 bits per heavy atom. The van der Waals surface area contributed by atoms with Crippen molar-refractivity contribution < 1.29 is 4.52 Å². The van der Waals surface area contributed by atoms with Crippen molar-refractivity contribution in [2.45, 2.75) is 25.8 Å². The maximum atomic E-state index is 5.05. The van der Waals surface area contributed by atoms with E-state index in [1.807, 2.05) is 6.92 Å². The predicted octanol–water partition coefficient (Wildman–Crippen LogP) is 1.50. The van der Waals surface area contributed by atoms with E-state index in [4.69, 9.17) is 4.52 Å². The Morgan fingerprint density at radius 3 is 3.07 bits per heavy atom. The normalized spacial score (nSPS) is 16.1. The lowest BCUT2D eigenvalue weighted by Gasteiger charge is -2.02. The second-order valence-electron chi connectivity index (χ2n) is 3.59. The average Bonchev–Trinajstić information content (AvgIpc) is 2.91. The fourth-order valence-electron chi connectivity index (χ4n) is 1.45. The molecule has 5 heteroatoms. The van der Waals surface area contributed by atoms with Gasteiger partial charge in [-0.3, -0.25) is 0 Å². The van der Waals surface area contributed by atoms with Crippen LogP contribution in [0.5, 0.6) is 0 Å². The van der Waals surface area contributed by atoms with Crippen LogP contribution in [0.25, 0.3) is 11.1 Å². The number of hydrogen-bond donors (Lipinski definition) is 1. The molecule has 1 aliphatic rings. The van der Waals surface area contributed by atoms with E-state index in [0.29, 0.717) is 11.8 Å². The summed E-state index contributed by atoms with van der Waals surface area (Å²) < 4.78 is 5.05. The lowest BCUT2D eigenvalue weighted by molar-refractivity contribution is 0.442. The van der Waals surface area contributed by atoms with Crippen LogP contribution in [0, 0.1) is 6.92 Å². The maximum absolute atomic E-state index is 5.05. The molecule has 72 valence electrons. The van der Waals surface area contributed by atoms with E-state index >= 15 is 0 Å². The van der Waals surface area contributed by atoms with Gasteiger partial charge in [-0.1, -0.05) is 5.16 Å². The van der Waals surface area contributed by atoms with Crippen molar-refractivity contribution >= 4 is 16.9 Å². The van der Waals surface area contributed by atoms with Crippen molar-refractivity contribution in [1.82, 2.24) is 15.1 Å². The molecule has 2 heterocycles. The molecule has 0 unspecified atom stereocenters. The molecule has 2 aromatic rings. The number of aryl methyl sites for hydroxylation is 1. The third kappa shape index (κ3) is 1.13. The lowest BCUT2D eigenvalue weighted by atomic mass is 10.3. The summed E-state index contributed by atoms with van der Waals surface area (Å²) in [7, 11) is 0. The standard InChI is InChI=1S/C9H10N4O/c1-5-7-8(12-6-2-3-6)10-4-11-9(7)14-13-5/h4,6H,2-3H2,1H3,(H,10,11,12). The van der Waals surface area contributed by atoms with E-state index in [9.17, 15) is 0 Å². The van der Waals surface area contributed by atoms with E-state index in [2.05, 4.69) is 20.4 Å². The first-order chi connectivity index (χ1) is 6.84. The van der Waals surface area contributed by atoms with Gasteiger partial charge < -0.3 is 9.84 Å². The first kappa shape index (κ1) is 7.73. The molecule has 5 nitrogen and oxygen atoms in total. The predicted molar refractivity (Wildman–Crippen MR) is 51.0 cm³/mol. The molecule has 1 aliphatic carbocycles. The number of rotatable bonds is 2. The zero-order valence-corrected chi connectivity index (χ0v) is 7.82. The maximum Gasteiger partial charge on any atom is 0.263 e. The first-order valence-electron chi connectivity index (χ1n) is 4.68. The highest BCUT2D eigenvalue weighted by atomic mass is 16.5. The summed E-state index contributed by atoms with van der Waals surface area (Å²) in [6.07, 6.45) is 3.93. The summed E-state index contributed by atoms with van der Waals surface area (Å²) in [4.78, 5) is 8.21. The molecule has 3 rings (SSSR count). The zero-order chi connectivity index (χ0) is 9.54. The van der Waals surface area contributed by atoms with Gasteiger partial charge in [0.15, 0.2) is 0 Å². The number of aromatic nitrogens is 3. The van der Waals surface area contributed by atoms with Gasteiger partial charge in [-0.2, -0.15) is 4.98 Å². The third-order valence-electron chi connectivity index (χ3n) is 2.36. The summed E-state index contributed by atoms with van der Waals surface area (Å²) in [6, 6.07) is 0.572. The smallest absolute Gasteiger partial charge is 0.263 e. The van der Waals surface area contributed by atoms with Crippen LogP contribution >= 0.6 is 0 Å². The molecular formula is C9H10N4O.